The van der Waals surface area contributed by atoms with Crippen LogP contribution in [-0.4, -0.2) is 40.7 Å². The van der Waals surface area contributed by atoms with Gasteiger partial charge in [-0.3, -0.25) is 24.1 Å². The second kappa shape index (κ2) is 5.05. The summed E-state index contributed by atoms with van der Waals surface area (Å²) in [6, 6.07) is 1.87. The molecule has 3 amide bonds. The predicted molar refractivity (Wildman–Crippen MR) is 65.3 cm³/mol. The Bertz CT molecular complexity index is 593. The average Bonchev–Trinajstić information content (AvgIpc) is 2.39. The van der Waals surface area contributed by atoms with Crippen molar-refractivity contribution in [2.75, 3.05) is 7.05 Å². The highest BCUT2D eigenvalue weighted by Crippen LogP contribution is 2.11. The average molecular weight is 263 g/mol. The summed E-state index contributed by atoms with van der Waals surface area (Å²) in [5, 5.41) is 2.53. The maximum absolute atomic E-state index is 11.9. The first-order valence-corrected chi connectivity index (χ1v) is 5.79. The van der Waals surface area contributed by atoms with E-state index in [2.05, 4.69) is 10.3 Å². The highest BCUT2D eigenvalue weighted by molar-refractivity contribution is 6.03. The number of nitrogens with zero attached hydrogens (tertiary/aromatic N) is 1. The van der Waals surface area contributed by atoms with Gasteiger partial charge in [-0.05, 0) is 12.5 Å². The maximum Gasteiger partial charge on any atom is 0.252 e. The van der Waals surface area contributed by atoms with Gasteiger partial charge in [0.25, 0.3) is 11.8 Å². The van der Waals surface area contributed by atoms with E-state index >= 15 is 0 Å². The third-order valence-corrected chi connectivity index (χ3v) is 2.99. The fraction of sp³-hybridized carbons (Fsp3) is 0.333. The van der Waals surface area contributed by atoms with E-state index in [0.717, 1.165) is 11.0 Å². The smallest absolute Gasteiger partial charge is 0.252 e. The molecule has 0 aromatic carbocycles. The molecule has 100 valence electrons. The highest BCUT2D eigenvalue weighted by Gasteiger charge is 2.32. The lowest BCUT2D eigenvalue weighted by Gasteiger charge is -2.28. The van der Waals surface area contributed by atoms with Gasteiger partial charge in [0.05, 0.1) is 0 Å². The largest absolute Gasteiger partial charge is 0.340 e. The van der Waals surface area contributed by atoms with Crippen molar-refractivity contribution in [3.05, 3.63) is 34.2 Å². The van der Waals surface area contributed by atoms with E-state index < -0.39 is 23.4 Å². The van der Waals surface area contributed by atoms with Crippen LogP contribution in [0, 0.1) is 0 Å². The molecule has 1 aliphatic rings. The number of H-pyrrole nitrogens is 1. The Morgan fingerprint density at radius 3 is 2.84 bits per heavy atom. The maximum atomic E-state index is 11.9. The molecule has 0 bridgehead atoms. The minimum Gasteiger partial charge on any atom is -0.340 e. The van der Waals surface area contributed by atoms with E-state index in [9.17, 15) is 19.2 Å². The Hall–Kier alpha value is -2.44. The van der Waals surface area contributed by atoms with Crippen LogP contribution in [0.3, 0.4) is 0 Å². The van der Waals surface area contributed by atoms with Gasteiger partial charge in [0, 0.05) is 31.3 Å². The van der Waals surface area contributed by atoms with Gasteiger partial charge in [-0.2, -0.15) is 0 Å². The minimum atomic E-state index is -0.727. The van der Waals surface area contributed by atoms with Gasteiger partial charge in [-0.15, -0.1) is 0 Å². The van der Waals surface area contributed by atoms with Crippen molar-refractivity contribution in [1.29, 1.82) is 0 Å². The zero-order chi connectivity index (χ0) is 14.0. The third-order valence-electron chi connectivity index (χ3n) is 2.99. The Morgan fingerprint density at radius 2 is 2.16 bits per heavy atom. The van der Waals surface area contributed by atoms with Gasteiger partial charge in [-0.1, -0.05) is 0 Å². The van der Waals surface area contributed by atoms with Crippen LogP contribution in [-0.2, 0) is 9.59 Å². The van der Waals surface area contributed by atoms with Crippen LogP contribution in [0.2, 0.25) is 0 Å². The number of likely N-dealkylation sites (tertiary alicyclic amines) is 1. The number of aromatic nitrogens is 1. The number of imide groups is 1. The fourth-order valence-corrected chi connectivity index (χ4v) is 1.88. The molecular formula is C12H13N3O4. The SMILES string of the molecule is CN1C(=O)CCC(NC(=O)c2cc[nH]c(=O)c2)C1=O. The Labute approximate surface area is 108 Å². The summed E-state index contributed by atoms with van der Waals surface area (Å²) >= 11 is 0. The van der Waals surface area contributed by atoms with Gasteiger partial charge in [-0.25, -0.2) is 0 Å². The normalized spacial score (nSPS) is 19.4. The minimum absolute atomic E-state index is 0.177. The van der Waals surface area contributed by atoms with Crippen molar-refractivity contribution in [3.63, 3.8) is 0 Å². The van der Waals surface area contributed by atoms with Gasteiger partial charge in [0.2, 0.25) is 11.5 Å². The lowest BCUT2D eigenvalue weighted by atomic mass is 10.0. The molecule has 2 rings (SSSR count). The summed E-state index contributed by atoms with van der Waals surface area (Å²) in [7, 11) is 1.39. The fourth-order valence-electron chi connectivity index (χ4n) is 1.88. The molecule has 1 unspecified atom stereocenters. The first kappa shape index (κ1) is 13.0. The number of rotatable bonds is 2. The van der Waals surface area contributed by atoms with Crippen molar-refractivity contribution in [1.82, 2.24) is 15.2 Å². The number of pyridine rings is 1. The molecule has 0 spiro atoms. The first-order valence-electron chi connectivity index (χ1n) is 5.79. The number of carbonyl (C=O) groups is 3. The molecule has 1 atom stereocenters. The van der Waals surface area contributed by atoms with Crippen molar-refractivity contribution in [2.45, 2.75) is 18.9 Å². The van der Waals surface area contributed by atoms with Crippen LogP contribution in [0.4, 0.5) is 0 Å². The number of aromatic amines is 1. The molecule has 1 saturated heterocycles. The van der Waals surface area contributed by atoms with Crippen molar-refractivity contribution >= 4 is 17.7 Å². The van der Waals surface area contributed by atoms with Gasteiger partial charge < -0.3 is 10.3 Å². The number of piperidine rings is 1. The van der Waals surface area contributed by atoms with E-state index in [0.29, 0.717) is 0 Å². The summed E-state index contributed by atoms with van der Waals surface area (Å²) in [6.45, 7) is 0. The second-order valence-corrected chi connectivity index (χ2v) is 4.30. The molecule has 0 aliphatic carbocycles. The molecule has 1 aromatic heterocycles. The van der Waals surface area contributed by atoms with Crippen LogP contribution in [0.5, 0.6) is 0 Å². The molecule has 2 N–H and O–H groups in total. The van der Waals surface area contributed by atoms with E-state index in [1.807, 2.05) is 0 Å². The number of hydrogen-bond acceptors (Lipinski definition) is 4. The van der Waals surface area contributed by atoms with Crippen LogP contribution in [0.15, 0.2) is 23.1 Å². The van der Waals surface area contributed by atoms with Gasteiger partial charge >= 0.3 is 0 Å². The summed E-state index contributed by atoms with van der Waals surface area (Å²) < 4.78 is 0. The molecule has 1 aromatic rings. The molecular weight excluding hydrogens is 250 g/mol. The zero-order valence-corrected chi connectivity index (χ0v) is 10.3. The Kier molecular flexibility index (Phi) is 3.46. The number of nitrogens with one attached hydrogen (secondary N) is 2. The Morgan fingerprint density at radius 1 is 1.42 bits per heavy atom. The zero-order valence-electron chi connectivity index (χ0n) is 10.3. The van der Waals surface area contributed by atoms with E-state index in [1.165, 1.54) is 19.3 Å². The standard InChI is InChI=1S/C12H13N3O4/c1-15-10(17)3-2-8(12(15)19)14-11(18)7-4-5-13-9(16)6-7/h4-6,8H,2-3H2,1H3,(H,13,16)(H,14,18). The Balaban J connectivity index is 2.09. The van der Waals surface area contributed by atoms with Crippen molar-refractivity contribution < 1.29 is 14.4 Å². The van der Waals surface area contributed by atoms with Crippen LogP contribution < -0.4 is 10.9 Å². The molecule has 1 fully saturated rings. The van der Waals surface area contributed by atoms with Crippen LogP contribution in [0.1, 0.15) is 23.2 Å². The summed E-state index contributed by atoms with van der Waals surface area (Å²) in [5.74, 6) is -1.20. The number of amides is 3. The van der Waals surface area contributed by atoms with Crippen LogP contribution >= 0.6 is 0 Å². The molecule has 19 heavy (non-hydrogen) atoms. The van der Waals surface area contributed by atoms with Crippen molar-refractivity contribution in [3.8, 4) is 0 Å². The molecule has 2 heterocycles. The number of hydrogen-bond donors (Lipinski definition) is 2. The van der Waals surface area contributed by atoms with Gasteiger partial charge in [0.1, 0.15) is 6.04 Å². The summed E-state index contributed by atoms with van der Waals surface area (Å²) in [6.07, 6.45) is 1.84. The lowest BCUT2D eigenvalue weighted by Crippen LogP contribution is -2.52. The number of carbonyl (C=O) groups excluding carboxylic acids is 3. The van der Waals surface area contributed by atoms with E-state index in [-0.39, 0.29) is 24.3 Å². The molecule has 1 aliphatic heterocycles. The molecule has 0 saturated carbocycles. The topological polar surface area (TPSA) is 99.3 Å². The predicted octanol–water partition coefficient (Wildman–Crippen LogP) is -0.748. The van der Waals surface area contributed by atoms with Crippen molar-refractivity contribution in [2.24, 2.45) is 0 Å². The third kappa shape index (κ3) is 2.70. The second-order valence-electron chi connectivity index (χ2n) is 4.30. The molecule has 7 nitrogen and oxygen atoms in total. The first-order chi connectivity index (χ1) is 8.99. The quantitative estimate of drug-likeness (QED) is 0.686. The van der Waals surface area contributed by atoms with E-state index in [1.54, 1.807) is 0 Å². The summed E-state index contributed by atoms with van der Waals surface area (Å²) in [5.41, 5.74) is -0.217. The van der Waals surface area contributed by atoms with Crippen LogP contribution in [0.25, 0.3) is 0 Å². The highest BCUT2D eigenvalue weighted by atomic mass is 16.2. The lowest BCUT2D eigenvalue weighted by molar-refractivity contribution is -0.147. The summed E-state index contributed by atoms with van der Waals surface area (Å²) in [4.78, 5) is 49.5. The monoisotopic (exact) mass is 263 g/mol. The van der Waals surface area contributed by atoms with Gasteiger partial charge in [0.15, 0.2) is 0 Å². The molecule has 7 heteroatoms. The number of likely N-dealkylation sites (N-methyl/N-ethyl adjacent to an activating group) is 1. The van der Waals surface area contributed by atoms with E-state index in [4.69, 9.17) is 0 Å². The molecule has 0 radical (unpaired) electrons.